The molecule has 6 aromatic carbocycles. The molecule has 2 heterocycles. The van der Waals surface area contributed by atoms with Crippen LogP contribution in [0, 0.1) is 6.92 Å². The number of hydrogen-bond acceptors (Lipinski definition) is 1. The summed E-state index contributed by atoms with van der Waals surface area (Å²) >= 11 is 1.93. The second-order valence-corrected chi connectivity index (χ2v) is 14.3. The first-order chi connectivity index (χ1) is 22.3. The quantitative estimate of drug-likeness (QED) is 0.170. The van der Waals surface area contributed by atoms with Crippen molar-refractivity contribution in [1.29, 1.82) is 0 Å². The summed E-state index contributed by atoms with van der Waals surface area (Å²) in [6.45, 7) is 11.6. The maximum absolute atomic E-state index is 2.63. The lowest BCUT2D eigenvalue weighted by molar-refractivity contribution is -0.633. The molecule has 2 nitrogen and oxygen atoms in total. The average Bonchev–Trinajstić information content (AvgIpc) is 3.59. The molecular formula is C43H39N2S+. The van der Waals surface area contributed by atoms with Gasteiger partial charge in [0.25, 0.3) is 5.82 Å². The van der Waals surface area contributed by atoms with Gasteiger partial charge in [0, 0.05) is 32.0 Å². The van der Waals surface area contributed by atoms with Gasteiger partial charge in [-0.3, -0.25) is 0 Å². The number of rotatable bonds is 5. The normalized spacial score (nSPS) is 12.1. The van der Waals surface area contributed by atoms with E-state index < -0.39 is 0 Å². The highest BCUT2D eigenvalue weighted by Crippen LogP contribution is 2.45. The Bertz CT molecular complexity index is 2410. The smallest absolute Gasteiger partial charge is 0.225 e. The zero-order chi connectivity index (χ0) is 31.7. The van der Waals surface area contributed by atoms with Crippen LogP contribution in [-0.2, 0) is 7.05 Å². The van der Waals surface area contributed by atoms with Gasteiger partial charge in [0.15, 0.2) is 11.0 Å². The zero-order valence-corrected chi connectivity index (χ0v) is 28.2. The fraction of sp³-hybridized carbons (Fsp3) is 0.186. The van der Waals surface area contributed by atoms with Gasteiger partial charge in [0.1, 0.15) is 5.69 Å². The Balaban J connectivity index is 1.54. The fourth-order valence-electron chi connectivity index (χ4n) is 7.41. The van der Waals surface area contributed by atoms with Crippen molar-refractivity contribution in [3.8, 4) is 28.2 Å². The van der Waals surface area contributed by atoms with E-state index in [2.05, 4.69) is 166 Å². The Kier molecular flexibility index (Phi) is 6.84. The van der Waals surface area contributed by atoms with Crippen LogP contribution in [0.1, 0.15) is 56.2 Å². The molecule has 0 saturated heterocycles. The van der Waals surface area contributed by atoms with Crippen LogP contribution in [0.5, 0.6) is 0 Å². The molecule has 0 saturated carbocycles. The van der Waals surface area contributed by atoms with Gasteiger partial charge in [-0.15, -0.1) is 11.3 Å². The van der Waals surface area contributed by atoms with Crippen LogP contribution in [0.4, 0.5) is 0 Å². The van der Waals surface area contributed by atoms with Crippen LogP contribution >= 0.6 is 11.3 Å². The zero-order valence-electron chi connectivity index (χ0n) is 27.4. The molecule has 0 spiro atoms. The number of hydrogen-bond donors (Lipinski definition) is 0. The number of imidazole rings is 1. The van der Waals surface area contributed by atoms with Gasteiger partial charge in [0.2, 0.25) is 0 Å². The van der Waals surface area contributed by atoms with E-state index in [9.17, 15) is 0 Å². The number of aromatic nitrogens is 2. The van der Waals surface area contributed by atoms with Gasteiger partial charge in [0.05, 0.1) is 17.3 Å². The van der Waals surface area contributed by atoms with Crippen molar-refractivity contribution < 1.29 is 4.57 Å². The number of fused-ring (bicyclic) bond motifs is 6. The Labute approximate surface area is 275 Å². The minimum absolute atomic E-state index is 0.372. The van der Waals surface area contributed by atoms with E-state index >= 15 is 0 Å². The Hall–Kier alpha value is -4.73. The summed E-state index contributed by atoms with van der Waals surface area (Å²) in [7, 11) is 2.26. The summed E-state index contributed by atoms with van der Waals surface area (Å²) in [6.07, 6.45) is 0. The van der Waals surface area contributed by atoms with Gasteiger partial charge >= 0.3 is 0 Å². The number of para-hydroxylation sites is 1. The van der Waals surface area contributed by atoms with Crippen molar-refractivity contribution in [2.45, 2.75) is 46.5 Å². The van der Waals surface area contributed by atoms with Crippen molar-refractivity contribution in [3.05, 3.63) is 132 Å². The number of nitrogens with zero attached hydrogens (tertiary/aromatic N) is 2. The molecule has 46 heavy (non-hydrogen) atoms. The molecule has 0 fully saturated rings. The fourth-order valence-corrected chi connectivity index (χ4v) is 8.75. The summed E-state index contributed by atoms with van der Waals surface area (Å²) in [4.78, 5) is 0. The molecule has 2 aromatic heterocycles. The summed E-state index contributed by atoms with van der Waals surface area (Å²) in [5.41, 5.74) is 11.7. The van der Waals surface area contributed by atoms with E-state index in [1.54, 1.807) is 0 Å². The van der Waals surface area contributed by atoms with E-state index in [4.69, 9.17) is 0 Å². The lowest BCUT2D eigenvalue weighted by Gasteiger charge is -2.19. The van der Waals surface area contributed by atoms with E-state index in [0.717, 1.165) is 0 Å². The van der Waals surface area contributed by atoms with E-state index in [1.165, 1.54) is 86.9 Å². The van der Waals surface area contributed by atoms with Gasteiger partial charge in [-0.1, -0.05) is 119 Å². The third-order valence-corrected chi connectivity index (χ3v) is 10.9. The van der Waals surface area contributed by atoms with Crippen molar-refractivity contribution >= 4 is 53.3 Å². The van der Waals surface area contributed by atoms with Crippen LogP contribution in [0.15, 0.2) is 115 Å². The molecular weight excluding hydrogens is 577 g/mol. The molecule has 0 N–H and O–H groups in total. The van der Waals surface area contributed by atoms with Crippen LogP contribution in [0.2, 0.25) is 0 Å². The standard InChI is InChI=1S/C43H39N2S/c1-26(2)32-17-12-18-33(27(3)4)40(32)45-41-34-16-11-10-15-30(34)21-24-37(41)44(6)43(45)39-28(5)19-22-36-35-23-20-31(25-38(35)46-42(36)39)29-13-8-7-9-14-29/h7-27H,1-6H3/q+1. The van der Waals surface area contributed by atoms with Crippen molar-refractivity contribution in [2.24, 2.45) is 7.05 Å². The van der Waals surface area contributed by atoms with Crippen LogP contribution in [0.25, 0.3) is 70.2 Å². The maximum Gasteiger partial charge on any atom is 0.296 e. The molecule has 0 unspecified atom stereocenters. The Morgan fingerprint density at radius 2 is 1.33 bits per heavy atom. The molecule has 8 rings (SSSR count). The second-order valence-electron chi connectivity index (χ2n) is 13.3. The predicted molar refractivity (Wildman–Crippen MR) is 199 cm³/mol. The molecule has 0 amide bonds. The first-order valence-corrected chi connectivity index (χ1v) is 17.2. The molecule has 226 valence electrons. The molecule has 0 atom stereocenters. The number of benzene rings is 6. The summed E-state index contributed by atoms with van der Waals surface area (Å²) < 4.78 is 7.75. The topological polar surface area (TPSA) is 8.81 Å². The van der Waals surface area contributed by atoms with Gasteiger partial charge in [-0.2, -0.15) is 4.57 Å². The second kappa shape index (κ2) is 11.0. The van der Waals surface area contributed by atoms with E-state index in [0.29, 0.717) is 11.8 Å². The Morgan fingerprint density at radius 3 is 2.07 bits per heavy atom. The summed E-state index contributed by atoms with van der Waals surface area (Å²) in [6, 6.07) is 42.7. The third kappa shape index (κ3) is 4.33. The molecule has 3 heteroatoms. The number of aryl methyl sites for hydroxylation is 2. The van der Waals surface area contributed by atoms with Crippen LogP contribution < -0.4 is 4.57 Å². The highest BCUT2D eigenvalue weighted by Gasteiger charge is 2.34. The van der Waals surface area contributed by atoms with Gasteiger partial charge < -0.3 is 0 Å². The average molecular weight is 616 g/mol. The molecule has 0 aliphatic carbocycles. The van der Waals surface area contributed by atoms with E-state index in [-0.39, 0.29) is 0 Å². The molecule has 0 aliphatic rings. The lowest BCUT2D eigenvalue weighted by atomic mass is 9.92. The van der Waals surface area contributed by atoms with Crippen LogP contribution in [0.3, 0.4) is 0 Å². The summed E-state index contributed by atoms with van der Waals surface area (Å²) in [5, 5.41) is 5.19. The highest BCUT2D eigenvalue weighted by molar-refractivity contribution is 7.26. The SMILES string of the molecule is Cc1ccc2c(sc3cc(-c4ccccc4)ccc32)c1-c1n(-c2c(C(C)C)cccc2C(C)C)c2c3ccccc3ccc2[n+]1C. The van der Waals surface area contributed by atoms with Gasteiger partial charge in [-0.25, -0.2) is 4.57 Å². The first-order valence-electron chi connectivity index (χ1n) is 16.4. The maximum atomic E-state index is 2.63. The summed E-state index contributed by atoms with van der Waals surface area (Å²) in [5.74, 6) is 1.98. The first kappa shape index (κ1) is 28.7. The van der Waals surface area contributed by atoms with Crippen molar-refractivity contribution in [2.75, 3.05) is 0 Å². The van der Waals surface area contributed by atoms with Gasteiger partial charge in [-0.05, 0) is 65.1 Å². The predicted octanol–water partition coefficient (Wildman–Crippen LogP) is 11.9. The number of thiophene rings is 1. The molecule has 8 aromatic rings. The molecule has 0 aliphatic heterocycles. The largest absolute Gasteiger partial charge is 0.296 e. The third-order valence-electron chi connectivity index (χ3n) is 9.74. The Morgan fingerprint density at radius 1 is 0.630 bits per heavy atom. The lowest BCUT2D eigenvalue weighted by Crippen LogP contribution is -2.30. The van der Waals surface area contributed by atoms with E-state index in [1.807, 2.05) is 11.3 Å². The monoisotopic (exact) mass is 615 g/mol. The highest BCUT2D eigenvalue weighted by atomic mass is 32.1. The minimum Gasteiger partial charge on any atom is -0.225 e. The minimum atomic E-state index is 0.372. The van der Waals surface area contributed by atoms with Crippen molar-refractivity contribution in [1.82, 2.24) is 4.57 Å². The van der Waals surface area contributed by atoms with Crippen molar-refractivity contribution in [3.63, 3.8) is 0 Å². The molecule has 0 bridgehead atoms. The molecule has 0 radical (unpaired) electrons. The van der Waals surface area contributed by atoms with Crippen LogP contribution in [-0.4, -0.2) is 4.57 Å².